The molecule has 0 unspecified atom stereocenters. The topological polar surface area (TPSA) is 46.3 Å². The van der Waals surface area contributed by atoms with Crippen LogP contribution in [0.2, 0.25) is 0 Å². The van der Waals surface area contributed by atoms with Crippen LogP contribution in [0.25, 0.3) is 0 Å². The standard InChI is InChI=1S/C9H18N2O/c10-6-5-9(12)11-7-3-1-2-4-8-11/h1-8,10H2. The molecule has 0 spiro atoms. The molecule has 1 fully saturated rings. The zero-order valence-electron chi connectivity index (χ0n) is 7.59. The van der Waals surface area contributed by atoms with Crippen LogP contribution in [0.5, 0.6) is 0 Å². The first-order chi connectivity index (χ1) is 5.84. The summed E-state index contributed by atoms with van der Waals surface area (Å²) in [6.07, 6.45) is 5.38. The maximum Gasteiger partial charge on any atom is 0.223 e. The quantitative estimate of drug-likeness (QED) is 0.664. The normalized spacial score (nSPS) is 18.9. The Morgan fingerprint density at radius 1 is 1.17 bits per heavy atom. The number of nitrogens with two attached hydrogens (primary N) is 1. The van der Waals surface area contributed by atoms with Crippen molar-refractivity contribution in [2.45, 2.75) is 32.1 Å². The van der Waals surface area contributed by atoms with E-state index in [1.165, 1.54) is 12.8 Å². The Kier molecular flexibility index (Phi) is 4.08. The molecule has 12 heavy (non-hydrogen) atoms. The van der Waals surface area contributed by atoms with Gasteiger partial charge in [-0.1, -0.05) is 12.8 Å². The number of likely N-dealkylation sites (tertiary alicyclic amines) is 1. The van der Waals surface area contributed by atoms with Gasteiger partial charge in [0.25, 0.3) is 0 Å². The molecule has 1 aliphatic rings. The molecule has 3 nitrogen and oxygen atoms in total. The molecule has 2 N–H and O–H groups in total. The summed E-state index contributed by atoms with van der Waals surface area (Å²) in [5.41, 5.74) is 5.33. The summed E-state index contributed by atoms with van der Waals surface area (Å²) >= 11 is 0. The highest BCUT2D eigenvalue weighted by atomic mass is 16.2. The molecule has 1 saturated heterocycles. The van der Waals surface area contributed by atoms with E-state index >= 15 is 0 Å². The van der Waals surface area contributed by atoms with Crippen molar-refractivity contribution in [2.24, 2.45) is 5.73 Å². The Balaban J connectivity index is 2.32. The summed E-state index contributed by atoms with van der Waals surface area (Å²) in [5, 5.41) is 0. The van der Waals surface area contributed by atoms with Gasteiger partial charge in [0.1, 0.15) is 0 Å². The highest BCUT2D eigenvalue weighted by molar-refractivity contribution is 5.76. The maximum absolute atomic E-state index is 11.4. The summed E-state index contributed by atoms with van der Waals surface area (Å²) in [7, 11) is 0. The first-order valence-electron chi connectivity index (χ1n) is 4.82. The summed E-state index contributed by atoms with van der Waals surface area (Å²) in [4.78, 5) is 13.4. The van der Waals surface area contributed by atoms with Crippen molar-refractivity contribution in [3.05, 3.63) is 0 Å². The molecule has 0 atom stereocenters. The number of amides is 1. The van der Waals surface area contributed by atoms with Crippen molar-refractivity contribution in [3.8, 4) is 0 Å². The third-order valence-corrected chi connectivity index (χ3v) is 2.32. The summed E-state index contributed by atoms with van der Waals surface area (Å²) in [6, 6.07) is 0. The molecule has 0 aliphatic carbocycles. The van der Waals surface area contributed by atoms with E-state index in [1.807, 2.05) is 4.90 Å². The Morgan fingerprint density at radius 2 is 1.75 bits per heavy atom. The molecule has 1 aliphatic heterocycles. The lowest BCUT2D eigenvalue weighted by Crippen LogP contribution is -2.33. The number of rotatable bonds is 2. The van der Waals surface area contributed by atoms with Gasteiger partial charge >= 0.3 is 0 Å². The lowest BCUT2D eigenvalue weighted by molar-refractivity contribution is -0.130. The monoisotopic (exact) mass is 170 g/mol. The van der Waals surface area contributed by atoms with Crippen LogP contribution in [0, 0.1) is 0 Å². The largest absolute Gasteiger partial charge is 0.343 e. The van der Waals surface area contributed by atoms with Gasteiger partial charge in [-0.15, -0.1) is 0 Å². The second-order valence-electron chi connectivity index (χ2n) is 3.33. The first-order valence-corrected chi connectivity index (χ1v) is 4.82. The summed E-state index contributed by atoms with van der Waals surface area (Å²) < 4.78 is 0. The van der Waals surface area contributed by atoms with Crippen LogP contribution in [0.15, 0.2) is 0 Å². The Morgan fingerprint density at radius 3 is 2.25 bits per heavy atom. The number of hydrogen-bond donors (Lipinski definition) is 1. The predicted molar refractivity (Wildman–Crippen MR) is 48.7 cm³/mol. The van der Waals surface area contributed by atoms with Gasteiger partial charge in [0, 0.05) is 26.1 Å². The highest BCUT2D eigenvalue weighted by Gasteiger charge is 2.13. The van der Waals surface area contributed by atoms with E-state index in [1.54, 1.807) is 0 Å². The fourth-order valence-corrected chi connectivity index (χ4v) is 1.60. The molecule has 1 amide bonds. The van der Waals surface area contributed by atoms with Gasteiger partial charge in [0.15, 0.2) is 0 Å². The van der Waals surface area contributed by atoms with E-state index in [4.69, 9.17) is 5.73 Å². The van der Waals surface area contributed by atoms with Crippen molar-refractivity contribution in [1.29, 1.82) is 0 Å². The zero-order chi connectivity index (χ0) is 8.81. The average molecular weight is 170 g/mol. The lowest BCUT2D eigenvalue weighted by Gasteiger charge is -2.19. The number of carbonyl (C=O) groups is 1. The van der Waals surface area contributed by atoms with Crippen LogP contribution in [-0.2, 0) is 4.79 Å². The zero-order valence-corrected chi connectivity index (χ0v) is 7.59. The minimum atomic E-state index is 0.236. The molecule has 1 rings (SSSR count). The molecular formula is C9H18N2O. The van der Waals surface area contributed by atoms with Crippen LogP contribution < -0.4 is 5.73 Å². The minimum absolute atomic E-state index is 0.236. The molecule has 0 radical (unpaired) electrons. The van der Waals surface area contributed by atoms with Gasteiger partial charge in [-0.25, -0.2) is 0 Å². The first kappa shape index (κ1) is 9.52. The third kappa shape index (κ3) is 2.81. The van der Waals surface area contributed by atoms with E-state index in [0.717, 1.165) is 25.9 Å². The number of nitrogens with zero attached hydrogens (tertiary/aromatic N) is 1. The van der Waals surface area contributed by atoms with Crippen LogP contribution in [0.4, 0.5) is 0 Å². The molecule has 0 bridgehead atoms. The Labute approximate surface area is 73.9 Å². The van der Waals surface area contributed by atoms with E-state index in [0.29, 0.717) is 13.0 Å². The van der Waals surface area contributed by atoms with Gasteiger partial charge in [-0.2, -0.15) is 0 Å². The Hall–Kier alpha value is -0.570. The van der Waals surface area contributed by atoms with Crippen molar-refractivity contribution in [1.82, 2.24) is 4.90 Å². The van der Waals surface area contributed by atoms with Crippen molar-refractivity contribution < 1.29 is 4.79 Å². The molecule has 0 aromatic carbocycles. The second-order valence-corrected chi connectivity index (χ2v) is 3.33. The number of hydrogen-bond acceptors (Lipinski definition) is 2. The molecule has 0 aromatic heterocycles. The smallest absolute Gasteiger partial charge is 0.223 e. The minimum Gasteiger partial charge on any atom is -0.343 e. The molecule has 0 aromatic rings. The van der Waals surface area contributed by atoms with Crippen LogP contribution in [0.1, 0.15) is 32.1 Å². The van der Waals surface area contributed by atoms with Gasteiger partial charge in [0.05, 0.1) is 0 Å². The SMILES string of the molecule is NCCC(=O)N1CCCCCC1. The van der Waals surface area contributed by atoms with Crippen molar-refractivity contribution in [3.63, 3.8) is 0 Å². The van der Waals surface area contributed by atoms with Crippen LogP contribution >= 0.6 is 0 Å². The van der Waals surface area contributed by atoms with E-state index < -0.39 is 0 Å². The second kappa shape index (κ2) is 5.14. The maximum atomic E-state index is 11.4. The fourth-order valence-electron chi connectivity index (χ4n) is 1.60. The van der Waals surface area contributed by atoms with Crippen molar-refractivity contribution >= 4 is 5.91 Å². The van der Waals surface area contributed by atoms with Crippen LogP contribution in [-0.4, -0.2) is 30.4 Å². The van der Waals surface area contributed by atoms with E-state index in [-0.39, 0.29) is 5.91 Å². The average Bonchev–Trinajstić information content (AvgIpc) is 2.32. The van der Waals surface area contributed by atoms with E-state index in [9.17, 15) is 4.79 Å². The molecule has 1 heterocycles. The predicted octanol–water partition coefficient (Wildman–Crippen LogP) is 0.738. The molecule has 3 heteroatoms. The summed E-state index contributed by atoms with van der Waals surface area (Å²) in [6.45, 7) is 2.37. The summed E-state index contributed by atoms with van der Waals surface area (Å²) in [5.74, 6) is 0.236. The van der Waals surface area contributed by atoms with E-state index in [2.05, 4.69) is 0 Å². The third-order valence-electron chi connectivity index (χ3n) is 2.32. The Bertz CT molecular complexity index is 139. The van der Waals surface area contributed by atoms with Gasteiger partial charge < -0.3 is 10.6 Å². The van der Waals surface area contributed by atoms with Crippen LogP contribution in [0.3, 0.4) is 0 Å². The molecule has 70 valence electrons. The van der Waals surface area contributed by atoms with Gasteiger partial charge in [-0.3, -0.25) is 4.79 Å². The van der Waals surface area contributed by atoms with Gasteiger partial charge in [-0.05, 0) is 12.8 Å². The molecule has 0 saturated carbocycles. The highest BCUT2D eigenvalue weighted by Crippen LogP contribution is 2.10. The lowest BCUT2D eigenvalue weighted by atomic mass is 10.2. The van der Waals surface area contributed by atoms with Gasteiger partial charge in [0.2, 0.25) is 5.91 Å². The molecular weight excluding hydrogens is 152 g/mol. The fraction of sp³-hybridized carbons (Fsp3) is 0.889. The number of carbonyl (C=O) groups excluding carboxylic acids is 1. The van der Waals surface area contributed by atoms with Crippen molar-refractivity contribution in [2.75, 3.05) is 19.6 Å².